The van der Waals surface area contributed by atoms with E-state index in [4.69, 9.17) is 0 Å². The van der Waals surface area contributed by atoms with Gasteiger partial charge in [0.2, 0.25) is 0 Å². The van der Waals surface area contributed by atoms with Gasteiger partial charge < -0.3 is 9.55 Å². The van der Waals surface area contributed by atoms with Crippen LogP contribution < -0.4 is 5.56 Å². The predicted molar refractivity (Wildman–Crippen MR) is 85.4 cm³/mol. The molecule has 0 bridgehead atoms. The van der Waals surface area contributed by atoms with Crippen molar-refractivity contribution in [2.45, 2.75) is 71.3 Å². The Hall–Kier alpha value is -1.65. The Kier molecular flexibility index (Phi) is 6.44. The lowest BCUT2D eigenvalue weighted by atomic mass is 10.1. The first-order valence-electron chi connectivity index (χ1n) is 8.21. The molecule has 2 rings (SSSR count). The van der Waals surface area contributed by atoms with E-state index in [0.717, 1.165) is 13.0 Å². The number of unbranched alkanes of at least 4 members (excludes halogenated alkanes) is 8. The van der Waals surface area contributed by atoms with Gasteiger partial charge in [0.1, 0.15) is 0 Å². The lowest BCUT2D eigenvalue weighted by Gasteiger charge is -2.04. The summed E-state index contributed by atoms with van der Waals surface area (Å²) in [5.74, 6) is 0. The van der Waals surface area contributed by atoms with Gasteiger partial charge in [0.25, 0.3) is 5.56 Å². The molecule has 0 radical (unpaired) electrons. The van der Waals surface area contributed by atoms with Crippen LogP contribution in [0.15, 0.2) is 17.4 Å². The zero-order valence-electron chi connectivity index (χ0n) is 13.0. The molecule has 0 atom stereocenters. The fraction of sp³-hybridized carbons (Fsp3) is 0.688. The molecule has 0 aliphatic carbocycles. The Labute approximate surface area is 125 Å². The summed E-state index contributed by atoms with van der Waals surface area (Å²) in [4.78, 5) is 22.4. The van der Waals surface area contributed by atoms with Crippen molar-refractivity contribution < 1.29 is 0 Å². The van der Waals surface area contributed by atoms with Crippen LogP contribution in [-0.4, -0.2) is 19.5 Å². The molecule has 0 fully saturated rings. The Morgan fingerprint density at radius 2 is 1.67 bits per heavy atom. The molecule has 1 N–H and O–H groups in total. The average molecular weight is 290 g/mol. The van der Waals surface area contributed by atoms with Crippen molar-refractivity contribution in [1.82, 2.24) is 19.5 Å². The number of hydrogen-bond acceptors (Lipinski definition) is 3. The van der Waals surface area contributed by atoms with E-state index in [0.29, 0.717) is 11.2 Å². The maximum absolute atomic E-state index is 11.5. The summed E-state index contributed by atoms with van der Waals surface area (Å²) in [7, 11) is 0. The molecule has 0 aliphatic rings. The first-order chi connectivity index (χ1) is 10.3. The third kappa shape index (κ3) is 4.69. The summed E-state index contributed by atoms with van der Waals surface area (Å²) >= 11 is 0. The van der Waals surface area contributed by atoms with Crippen molar-refractivity contribution in [1.29, 1.82) is 0 Å². The van der Waals surface area contributed by atoms with Crippen LogP contribution in [0.2, 0.25) is 0 Å². The van der Waals surface area contributed by atoms with Gasteiger partial charge in [-0.15, -0.1) is 0 Å². The first-order valence-corrected chi connectivity index (χ1v) is 8.21. The minimum atomic E-state index is -0.161. The van der Waals surface area contributed by atoms with E-state index < -0.39 is 0 Å². The molecule has 5 nitrogen and oxygen atoms in total. The van der Waals surface area contributed by atoms with Gasteiger partial charge in [-0.05, 0) is 6.42 Å². The van der Waals surface area contributed by atoms with Crippen LogP contribution in [0.25, 0.3) is 11.2 Å². The molecular formula is C16H26N4O. The largest absolute Gasteiger partial charge is 0.315 e. The minimum Gasteiger partial charge on any atom is -0.315 e. The number of imidazole rings is 1. The molecule has 0 aliphatic heterocycles. The third-order valence-corrected chi connectivity index (χ3v) is 3.91. The molecule has 0 spiro atoms. The molecule has 2 heterocycles. The maximum Gasteiger partial charge on any atom is 0.278 e. The Morgan fingerprint density at radius 1 is 1.00 bits per heavy atom. The van der Waals surface area contributed by atoms with E-state index >= 15 is 0 Å². The molecule has 0 aromatic carbocycles. The molecule has 0 amide bonds. The van der Waals surface area contributed by atoms with Crippen LogP contribution in [0.5, 0.6) is 0 Å². The van der Waals surface area contributed by atoms with Gasteiger partial charge in [-0.25, -0.2) is 9.97 Å². The van der Waals surface area contributed by atoms with Crippen LogP contribution in [0.4, 0.5) is 0 Å². The number of aromatic nitrogens is 4. The zero-order chi connectivity index (χ0) is 14.9. The summed E-state index contributed by atoms with van der Waals surface area (Å²) in [5.41, 5.74) is 0.970. The van der Waals surface area contributed by atoms with E-state index in [1.54, 1.807) is 6.33 Å². The summed E-state index contributed by atoms with van der Waals surface area (Å²) < 4.78 is 1.98. The lowest BCUT2D eigenvalue weighted by Crippen LogP contribution is -2.07. The standard InChI is InChI=1S/C16H26N4O/c1-2-3-4-5-6-7-8-9-10-11-20-13-19-14-15(20)17-12-18-16(14)21/h12-13H,2-11H2,1H3,(H,17,18,21). The van der Waals surface area contributed by atoms with Crippen LogP contribution in [0, 0.1) is 0 Å². The van der Waals surface area contributed by atoms with Crippen LogP contribution >= 0.6 is 0 Å². The number of nitrogens with zero attached hydrogens (tertiary/aromatic N) is 3. The Balaban J connectivity index is 1.64. The van der Waals surface area contributed by atoms with Crippen molar-refractivity contribution in [3.05, 3.63) is 23.0 Å². The number of nitrogens with one attached hydrogen (secondary N) is 1. The molecule has 0 saturated carbocycles. The summed E-state index contributed by atoms with van der Waals surface area (Å²) in [6.45, 7) is 3.14. The van der Waals surface area contributed by atoms with Gasteiger partial charge in [-0.3, -0.25) is 4.79 Å². The minimum absolute atomic E-state index is 0.161. The number of fused-ring (bicyclic) bond motifs is 1. The van der Waals surface area contributed by atoms with E-state index in [9.17, 15) is 4.79 Å². The molecule has 21 heavy (non-hydrogen) atoms. The summed E-state index contributed by atoms with van der Waals surface area (Å²) in [6, 6.07) is 0. The SMILES string of the molecule is CCCCCCCCCCCn1cnc2c(=O)[nH]cnc21. The highest BCUT2D eigenvalue weighted by atomic mass is 16.1. The molecule has 5 heteroatoms. The number of aromatic amines is 1. The summed E-state index contributed by atoms with van der Waals surface area (Å²) in [6.07, 6.45) is 15.0. The maximum atomic E-state index is 11.5. The van der Waals surface area contributed by atoms with E-state index in [1.807, 2.05) is 4.57 Å². The number of aryl methyl sites for hydroxylation is 1. The highest BCUT2D eigenvalue weighted by Crippen LogP contribution is 2.11. The predicted octanol–water partition coefficient (Wildman–Crippen LogP) is 3.65. The number of rotatable bonds is 10. The quantitative estimate of drug-likeness (QED) is 0.679. The molecular weight excluding hydrogens is 264 g/mol. The molecule has 116 valence electrons. The molecule has 2 aromatic heterocycles. The average Bonchev–Trinajstić information content (AvgIpc) is 2.90. The highest BCUT2D eigenvalue weighted by molar-refractivity contribution is 5.68. The lowest BCUT2D eigenvalue weighted by molar-refractivity contribution is 0.541. The fourth-order valence-electron chi connectivity index (χ4n) is 2.65. The monoisotopic (exact) mass is 290 g/mol. The van der Waals surface area contributed by atoms with E-state index in [-0.39, 0.29) is 5.56 Å². The highest BCUT2D eigenvalue weighted by Gasteiger charge is 2.06. The zero-order valence-corrected chi connectivity index (χ0v) is 13.0. The number of hydrogen-bond donors (Lipinski definition) is 1. The second-order valence-electron chi connectivity index (χ2n) is 5.67. The first kappa shape index (κ1) is 15.7. The summed E-state index contributed by atoms with van der Waals surface area (Å²) in [5, 5.41) is 0. The van der Waals surface area contributed by atoms with Crippen LogP contribution in [0.1, 0.15) is 64.7 Å². The topological polar surface area (TPSA) is 63.6 Å². The van der Waals surface area contributed by atoms with Crippen molar-refractivity contribution in [3.63, 3.8) is 0 Å². The van der Waals surface area contributed by atoms with Gasteiger partial charge >= 0.3 is 0 Å². The smallest absolute Gasteiger partial charge is 0.278 e. The van der Waals surface area contributed by atoms with Gasteiger partial charge in [0, 0.05) is 6.54 Å². The van der Waals surface area contributed by atoms with Gasteiger partial charge in [0.05, 0.1) is 12.7 Å². The van der Waals surface area contributed by atoms with Gasteiger partial charge in [0.15, 0.2) is 11.2 Å². The normalized spacial score (nSPS) is 11.3. The molecule has 2 aromatic rings. The Morgan fingerprint density at radius 3 is 2.38 bits per heavy atom. The molecule has 0 saturated heterocycles. The third-order valence-electron chi connectivity index (χ3n) is 3.91. The van der Waals surface area contributed by atoms with Crippen LogP contribution in [0.3, 0.4) is 0 Å². The van der Waals surface area contributed by atoms with Crippen molar-refractivity contribution in [2.75, 3.05) is 0 Å². The van der Waals surface area contributed by atoms with Crippen molar-refractivity contribution in [3.8, 4) is 0 Å². The van der Waals surface area contributed by atoms with Gasteiger partial charge in [-0.2, -0.15) is 0 Å². The second-order valence-corrected chi connectivity index (χ2v) is 5.67. The Bertz CT molecular complexity index is 587. The van der Waals surface area contributed by atoms with Crippen LogP contribution in [-0.2, 0) is 6.54 Å². The fourth-order valence-corrected chi connectivity index (χ4v) is 2.65. The van der Waals surface area contributed by atoms with E-state index in [1.165, 1.54) is 57.7 Å². The molecule has 0 unspecified atom stereocenters. The number of H-pyrrole nitrogens is 1. The second kappa shape index (κ2) is 8.60. The van der Waals surface area contributed by atoms with Gasteiger partial charge in [-0.1, -0.05) is 58.3 Å². The van der Waals surface area contributed by atoms with Crippen molar-refractivity contribution >= 4 is 11.2 Å². The van der Waals surface area contributed by atoms with Crippen molar-refractivity contribution in [2.24, 2.45) is 0 Å². The van der Waals surface area contributed by atoms with E-state index in [2.05, 4.69) is 21.9 Å².